The molecule has 0 aromatic heterocycles. The molecule has 106 valence electrons. The molecule has 0 spiro atoms. The van der Waals surface area contributed by atoms with Crippen LogP contribution in [0.15, 0.2) is 42.5 Å². The molecule has 0 radical (unpaired) electrons. The Bertz CT molecular complexity index is 569. The Morgan fingerprint density at radius 3 is 2.25 bits per heavy atom. The van der Waals surface area contributed by atoms with Crippen molar-refractivity contribution in [1.29, 1.82) is 0 Å². The molecule has 0 fully saturated rings. The first kappa shape index (κ1) is 14.1. The van der Waals surface area contributed by atoms with Gasteiger partial charge in [-0.1, -0.05) is 25.1 Å². The molecule has 4 nitrogen and oxygen atoms in total. The van der Waals surface area contributed by atoms with Gasteiger partial charge in [0.05, 0.1) is 13.7 Å². The third-order valence-electron chi connectivity index (χ3n) is 2.78. The monoisotopic (exact) mass is 273 g/mol. The Balaban J connectivity index is 2.25. The molecule has 0 aliphatic heterocycles. The van der Waals surface area contributed by atoms with Gasteiger partial charge in [0.2, 0.25) is 0 Å². The molecule has 0 aliphatic carbocycles. The highest BCUT2D eigenvalue weighted by molar-refractivity contribution is 5.64. The van der Waals surface area contributed by atoms with Gasteiger partial charge in [-0.05, 0) is 30.7 Å². The van der Waals surface area contributed by atoms with Gasteiger partial charge in [-0.3, -0.25) is 0 Å². The van der Waals surface area contributed by atoms with Gasteiger partial charge in [-0.2, -0.15) is 0 Å². The molecule has 0 atom stereocenters. The summed E-state index contributed by atoms with van der Waals surface area (Å²) in [5.41, 5.74) is 6.57. The van der Waals surface area contributed by atoms with Crippen molar-refractivity contribution in [3.63, 3.8) is 0 Å². The fourth-order valence-corrected chi connectivity index (χ4v) is 1.77. The largest absolute Gasteiger partial charge is 0.493 e. The van der Waals surface area contributed by atoms with Gasteiger partial charge in [0, 0.05) is 0 Å². The number of nitrogens with two attached hydrogens (primary N) is 1. The molecule has 2 aromatic carbocycles. The average molecular weight is 273 g/mol. The highest BCUT2D eigenvalue weighted by atomic mass is 16.5. The van der Waals surface area contributed by atoms with Gasteiger partial charge >= 0.3 is 0 Å². The molecular weight excluding hydrogens is 254 g/mol. The second-order valence-corrected chi connectivity index (χ2v) is 4.27. The summed E-state index contributed by atoms with van der Waals surface area (Å²) >= 11 is 0. The molecular formula is C16H19NO3. The van der Waals surface area contributed by atoms with Gasteiger partial charge in [0.15, 0.2) is 17.2 Å². The average Bonchev–Trinajstić information content (AvgIpc) is 2.48. The maximum Gasteiger partial charge on any atom is 0.169 e. The number of ether oxygens (including phenoxy) is 3. The molecule has 20 heavy (non-hydrogen) atoms. The van der Waals surface area contributed by atoms with E-state index >= 15 is 0 Å². The summed E-state index contributed by atoms with van der Waals surface area (Å²) in [5.74, 6) is 2.48. The third-order valence-corrected chi connectivity index (χ3v) is 2.78. The molecule has 0 amide bonds. The molecule has 4 heteroatoms. The lowest BCUT2D eigenvalue weighted by atomic mass is 10.2. The Hall–Kier alpha value is -2.36. The molecule has 2 N–H and O–H groups in total. The number of hydrogen-bond acceptors (Lipinski definition) is 4. The minimum absolute atomic E-state index is 0.492. The van der Waals surface area contributed by atoms with Crippen molar-refractivity contribution >= 4 is 5.69 Å². The van der Waals surface area contributed by atoms with E-state index in [1.807, 2.05) is 43.3 Å². The van der Waals surface area contributed by atoms with Gasteiger partial charge in [0.25, 0.3) is 0 Å². The van der Waals surface area contributed by atoms with Crippen LogP contribution >= 0.6 is 0 Å². The third kappa shape index (κ3) is 3.15. The smallest absolute Gasteiger partial charge is 0.169 e. The summed E-state index contributed by atoms with van der Waals surface area (Å²) in [6.45, 7) is 2.67. The number of rotatable bonds is 6. The second kappa shape index (κ2) is 6.70. The lowest BCUT2D eigenvalue weighted by molar-refractivity contribution is 0.317. The number of benzene rings is 2. The van der Waals surface area contributed by atoms with Crippen molar-refractivity contribution < 1.29 is 14.2 Å². The summed E-state index contributed by atoms with van der Waals surface area (Å²) in [5, 5.41) is 0. The van der Waals surface area contributed by atoms with Crippen LogP contribution in [0.5, 0.6) is 23.0 Å². The first-order chi connectivity index (χ1) is 9.76. The molecule has 0 aliphatic rings. The zero-order valence-corrected chi connectivity index (χ0v) is 11.8. The van der Waals surface area contributed by atoms with E-state index in [2.05, 4.69) is 0 Å². The molecule has 0 saturated heterocycles. The number of hydrogen-bond donors (Lipinski definition) is 1. The van der Waals surface area contributed by atoms with Crippen molar-refractivity contribution in [2.45, 2.75) is 13.3 Å². The summed E-state index contributed by atoms with van der Waals surface area (Å²) in [7, 11) is 1.60. The minimum atomic E-state index is 0.492. The van der Waals surface area contributed by atoms with Crippen molar-refractivity contribution in [2.75, 3.05) is 19.5 Å². The van der Waals surface area contributed by atoms with Crippen LogP contribution in [0.3, 0.4) is 0 Å². The zero-order chi connectivity index (χ0) is 14.4. The van der Waals surface area contributed by atoms with E-state index in [9.17, 15) is 0 Å². The second-order valence-electron chi connectivity index (χ2n) is 4.27. The molecule has 0 heterocycles. The number of para-hydroxylation sites is 3. The van der Waals surface area contributed by atoms with E-state index < -0.39 is 0 Å². The van der Waals surface area contributed by atoms with E-state index in [0.29, 0.717) is 35.3 Å². The van der Waals surface area contributed by atoms with Crippen LogP contribution in [0.4, 0.5) is 5.69 Å². The lowest BCUT2D eigenvalue weighted by Gasteiger charge is -2.14. The maximum absolute atomic E-state index is 6.07. The van der Waals surface area contributed by atoms with E-state index in [1.165, 1.54) is 0 Å². The first-order valence-corrected chi connectivity index (χ1v) is 6.58. The van der Waals surface area contributed by atoms with Crippen LogP contribution < -0.4 is 19.9 Å². The molecule has 0 unspecified atom stereocenters. The van der Waals surface area contributed by atoms with Crippen molar-refractivity contribution in [1.82, 2.24) is 0 Å². The van der Waals surface area contributed by atoms with Crippen molar-refractivity contribution in [3.8, 4) is 23.0 Å². The Morgan fingerprint density at radius 2 is 1.55 bits per heavy atom. The number of anilines is 1. The van der Waals surface area contributed by atoms with E-state index in [0.717, 1.165) is 6.42 Å². The standard InChI is InChI=1S/C16H19NO3/c1-3-11-19-14-9-6-10-15(16(14)17)20-13-8-5-4-7-12(13)18-2/h4-10H,3,11,17H2,1-2H3. The molecule has 2 aromatic rings. The van der Waals surface area contributed by atoms with Crippen LogP contribution in [0.1, 0.15) is 13.3 Å². The minimum Gasteiger partial charge on any atom is -0.493 e. The van der Waals surface area contributed by atoms with Crippen molar-refractivity contribution in [3.05, 3.63) is 42.5 Å². The summed E-state index contributed by atoms with van der Waals surface area (Å²) in [6.07, 6.45) is 0.928. The predicted octanol–water partition coefficient (Wildman–Crippen LogP) is 3.86. The van der Waals surface area contributed by atoms with Crippen LogP contribution in [-0.2, 0) is 0 Å². The van der Waals surface area contributed by atoms with Gasteiger partial charge < -0.3 is 19.9 Å². The Morgan fingerprint density at radius 1 is 0.900 bits per heavy atom. The van der Waals surface area contributed by atoms with Crippen LogP contribution in [0.25, 0.3) is 0 Å². The van der Waals surface area contributed by atoms with Crippen LogP contribution in [-0.4, -0.2) is 13.7 Å². The summed E-state index contributed by atoms with van der Waals surface area (Å²) in [6, 6.07) is 12.9. The van der Waals surface area contributed by atoms with Gasteiger partial charge in [0.1, 0.15) is 11.4 Å². The topological polar surface area (TPSA) is 53.7 Å². The van der Waals surface area contributed by atoms with Crippen LogP contribution in [0.2, 0.25) is 0 Å². The van der Waals surface area contributed by atoms with E-state index in [4.69, 9.17) is 19.9 Å². The number of methoxy groups -OCH3 is 1. The predicted molar refractivity (Wildman–Crippen MR) is 79.7 cm³/mol. The van der Waals surface area contributed by atoms with Crippen LogP contribution in [0, 0.1) is 0 Å². The van der Waals surface area contributed by atoms with Crippen molar-refractivity contribution in [2.24, 2.45) is 0 Å². The number of nitrogen functional groups attached to an aromatic ring is 1. The summed E-state index contributed by atoms with van der Waals surface area (Å²) < 4.78 is 16.7. The van der Waals surface area contributed by atoms with E-state index in [-0.39, 0.29) is 0 Å². The molecule has 0 bridgehead atoms. The highest BCUT2D eigenvalue weighted by Gasteiger charge is 2.10. The molecule has 2 rings (SSSR count). The fraction of sp³-hybridized carbons (Fsp3) is 0.250. The Kier molecular flexibility index (Phi) is 4.71. The van der Waals surface area contributed by atoms with Gasteiger partial charge in [-0.25, -0.2) is 0 Å². The fourth-order valence-electron chi connectivity index (χ4n) is 1.77. The van der Waals surface area contributed by atoms with Gasteiger partial charge in [-0.15, -0.1) is 0 Å². The highest BCUT2D eigenvalue weighted by Crippen LogP contribution is 2.37. The zero-order valence-electron chi connectivity index (χ0n) is 11.8. The molecule has 0 saturated carbocycles. The Labute approximate surface area is 119 Å². The first-order valence-electron chi connectivity index (χ1n) is 6.58. The maximum atomic E-state index is 6.07. The quantitative estimate of drug-likeness (QED) is 0.812. The lowest BCUT2D eigenvalue weighted by Crippen LogP contribution is -2.01. The summed E-state index contributed by atoms with van der Waals surface area (Å²) in [4.78, 5) is 0. The SMILES string of the molecule is CCCOc1cccc(Oc2ccccc2OC)c1N. The normalized spacial score (nSPS) is 10.1. The van der Waals surface area contributed by atoms with E-state index in [1.54, 1.807) is 13.2 Å².